The van der Waals surface area contributed by atoms with Crippen LogP contribution in [-0.2, 0) is 0 Å². The van der Waals surface area contributed by atoms with E-state index in [0.29, 0.717) is 11.7 Å². The van der Waals surface area contributed by atoms with Crippen LogP contribution in [0, 0.1) is 0 Å². The Morgan fingerprint density at radius 3 is 1.85 bits per heavy atom. The fourth-order valence-electron chi connectivity index (χ4n) is 10.4. The zero-order valence-corrected chi connectivity index (χ0v) is 35.0. The van der Waals surface area contributed by atoms with E-state index in [1.165, 1.54) is 32.3 Å². The molecule has 4 heterocycles. The van der Waals surface area contributed by atoms with Gasteiger partial charge in [0.1, 0.15) is 23.2 Å². The van der Waals surface area contributed by atoms with Crippen molar-refractivity contribution < 1.29 is 4.42 Å². The monoisotopic (exact) mass is 831 g/mol. The Hall–Kier alpha value is -8.74. The lowest BCUT2D eigenvalue weighted by molar-refractivity contribution is 0.661. The van der Waals surface area contributed by atoms with E-state index in [4.69, 9.17) is 14.4 Å². The molecule has 0 fully saturated rings. The number of aromatic nitrogens is 2. The lowest BCUT2D eigenvalue weighted by atomic mass is 10.0. The first-order valence-corrected chi connectivity index (χ1v) is 22.1. The Bertz CT molecular complexity index is 4160. The number of benzene rings is 10. The van der Waals surface area contributed by atoms with Gasteiger partial charge in [-0.2, -0.15) is 0 Å². The van der Waals surface area contributed by atoms with Gasteiger partial charge in [0.15, 0.2) is 5.84 Å². The molecule has 0 bridgehead atoms. The van der Waals surface area contributed by atoms with Crippen LogP contribution in [0.3, 0.4) is 0 Å². The first-order chi connectivity index (χ1) is 32.2. The molecule has 0 spiro atoms. The highest BCUT2D eigenvalue weighted by Crippen LogP contribution is 2.40. The highest BCUT2D eigenvalue weighted by molar-refractivity contribution is 6.22. The average Bonchev–Trinajstić information content (AvgIpc) is 4.02. The predicted molar refractivity (Wildman–Crippen MR) is 269 cm³/mol. The summed E-state index contributed by atoms with van der Waals surface area (Å²) in [6, 6.07) is 75.7. The molecule has 65 heavy (non-hydrogen) atoms. The molecule has 304 valence electrons. The van der Waals surface area contributed by atoms with Crippen molar-refractivity contribution >= 4 is 98.8 Å². The van der Waals surface area contributed by atoms with Gasteiger partial charge in [0.05, 0.1) is 27.6 Å². The van der Waals surface area contributed by atoms with Gasteiger partial charge in [0.25, 0.3) is 0 Å². The fourth-order valence-corrected chi connectivity index (χ4v) is 10.4. The first kappa shape index (κ1) is 35.8. The largest absolute Gasteiger partial charge is 0.455 e. The summed E-state index contributed by atoms with van der Waals surface area (Å²) < 4.78 is 11.6. The Morgan fingerprint density at radius 1 is 0.415 bits per heavy atom. The summed E-state index contributed by atoms with van der Waals surface area (Å²) in [5.74, 6) is 1.33. The molecule has 0 aliphatic carbocycles. The van der Waals surface area contributed by atoms with Crippen LogP contribution in [0.2, 0.25) is 0 Å². The highest BCUT2D eigenvalue weighted by atomic mass is 16.3. The maximum Gasteiger partial charge on any atom is 0.159 e. The number of fused-ring (bicyclic) bond motifs is 11. The number of amidine groups is 2. The molecule has 1 N–H and O–H groups in total. The van der Waals surface area contributed by atoms with Gasteiger partial charge in [-0.3, -0.25) is 0 Å². The highest BCUT2D eigenvalue weighted by Gasteiger charge is 2.27. The standard InChI is InChI=1S/C59H37N5O/c1-2-19-40(20-3-1)63-51-26-11-8-22-43(51)45-30-29-39(33-53(45)63)57-60-58(47-25-14-18-36-15-6-7-21-42(36)47)62-59(61-57)50-35-41(34-49-46-24-10-13-28-55(46)65-56(49)50)64-52-27-12-9-23-44(52)48-31-37-16-4-5-17-38(37)32-54(48)64/h1-35,58H,(H,60,61,62). The number of nitrogens with zero attached hydrogens (tertiary/aromatic N) is 4. The van der Waals surface area contributed by atoms with E-state index < -0.39 is 6.17 Å². The second-order valence-corrected chi connectivity index (χ2v) is 17.0. The summed E-state index contributed by atoms with van der Waals surface area (Å²) in [6.07, 6.45) is -0.457. The van der Waals surface area contributed by atoms with E-state index >= 15 is 0 Å². The predicted octanol–water partition coefficient (Wildman–Crippen LogP) is 14.6. The molecule has 0 saturated carbocycles. The quantitative estimate of drug-likeness (QED) is 0.188. The van der Waals surface area contributed by atoms with Crippen molar-refractivity contribution in [3.05, 3.63) is 229 Å². The van der Waals surface area contributed by atoms with Crippen LogP contribution < -0.4 is 5.32 Å². The molecule has 1 atom stereocenters. The number of rotatable bonds is 5. The molecule has 1 aliphatic rings. The minimum absolute atomic E-state index is 0.457. The number of furan rings is 1. The summed E-state index contributed by atoms with van der Waals surface area (Å²) in [6.45, 7) is 0. The van der Waals surface area contributed by atoms with E-state index in [9.17, 15) is 0 Å². The third-order valence-corrected chi connectivity index (χ3v) is 13.3. The van der Waals surface area contributed by atoms with Crippen LogP contribution in [0.5, 0.6) is 0 Å². The Morgan fingerprint density at radius 2 is 1.03 bits per heavy atom. The van der Waals surface area contributed by atoms with Crippen LogP contribution in [0.1, 0.15) is 22.9 Å². The van der Waals surface area contributed by atoms with Gasteiger partial charge < -0.3 is 18.9 Å². The number of para-hydroxylation sites is 4. The molecule has 6 heteroatoms. The van der Waals surface area contributed by atoms with E-state index in [1.807, 2.05) is 12.1 Å². The van der Waals surface area contributed by atoms with Gasteiger partial charge in [-0.25, -0.2) is 9.98 Å². The number of aliphatic imine (C=N–C) groups is 2. The SMILES string of the molecule is c1ccc(-n2c3ccccc3c3ccc(C4=NC(c5cccc6ccccc56)NC(c5cc(-n6c7ccccc7c7cc8ccccc8cc76)cc6c5oc5ccccc56)=N4)cc32)cc1. The van der Waals surface area contributed by atoms with E-state index in [2.05, 4.69) is 215 Å². The van der Waals surface area contributed by atoms with Gasteiger partial charge in [-0.05, 0) is 82.2 Å². The van der Waals surface area contributed by atoms with Crippen LogP contribution in [0.25, 0.3) is 98.5 Å². The summed E-state index contributed by atoms with van der Waals surface area (Å²) in [7, 11) is 0. The van der Waals surface area contributed by atoms with Crippen molar-refractivity contribution in [1.29, 1.82) is 0 Å². The van der Waals surface area contributed by atoms with Crippen molar-refractivity contribution in [2.75, 3.05) is 0 Å². The van der Waals surface area contributed by atoms with Crippen molar-refractivity contribution in [2.45, 2.75) is 6.17 Å². The van der Waals surface area contributed by atoms with Gasteiger partial charge in [0, 0.05) is 54.8 Å². The molecule has 3 aromatic heterocycles. The third kappa shape index (κ3) is 5.47. The van der Waals surface area contributed by atoms with Crippen LogP contribution in [0.4, 0.5) is 0 Å². The zero-order chi connectivity index (χ0) is 42.6. The second kappa shape index (κ2) is 13.9. The van der Waals surface area contributed by atoms with Crippen molar-refractivity contribution in [3.8, 4) is 11.4 Å². The normalized spacial score (nSPS) is 14.3. The summed E-state index contributed by atoms with van der Waals surface area (Å²) >= 11 is 0. The smallest absolute Gasteiger partial charge is 0.159 e. The van der Waals surface area contributed by atoms with E-state index in [-0.39, 0.29) is 0 Å². The number of hydrogen-bond donors (Lipinski definition) is 1. The second-order valence-electron chi connectivity index (χ2n) is 17.0. The maximum absolute atomic E-state index is 6.88. The molecule has 1 aliphatic heterocycles. The number of nitrogens with one attached hydrogen (secondary N) is 1. The summed E-state index contributed by atoms with van der Waals surface area (Å²) in [5.41, 5.74) is 11.1. The van der Waals surface area contributed by atoms with Gasteiger partial charge in [-0.1, -0.05) is 152 Å². The molecule has 1 unspecified atom stereocenters. The molecule has 13 aromatic rings. The molecule has 14 rings (SSSR count). The van der Waals surface area contributed by atoms with Crippen molar-refractivity contribution in [3.63, 3.8) is 0 Å². The molecular formula is C59H37N5O. The van der Waals surface area contributed by atoms with Gasteiger partial charge in [-0.15, -0.1) is 0 Å². The molecule has 0 saturated heterocycles. The van der Waals surface area contributed by atoms with Crippen molar-refractivity contribution in [2.24, 2.45) is 9.98 Å². The van der Waals surface area contributed by atoms with E-state index in [1.54, 1.807) is 0 Å². The molecule has 0 radical (unpaired) electrons. The summed E-state index contributed by atoms with van der Waals surface area (Å²) in [5, 5.41) is 15.4. The molecular weight excluding hydrogens is 795 g/mol. The summed E-state index contributed by atoms with van der Waals surface area (Å²) in [4.78, 5) is 11.0. The van der Waals surface area contributed by atoms with Crippen LogP contribution >= 0.6 is 0 Å². The van der Waals surface area contributed by atoms with Crippen LogP contribution in [-0.4, -0.2) is 20.8 Å². The average molecular weight is 832 g/mol. The Labute approximate surface area is 372 Å². The maximum atomic E-state index is 6.88. The third-order valence-electron chi connectivity index (χ3n) is 13.3. The first-order valence-electron chi connectivity index (χ1n) is 22.1. The van der Waals surface area contributed by atoms with Crippen LogP contribution in [0.15, 0.2) is 227 Å². The Kier molecular flexibility index (Phi) is 7.65. The minimum Gasteiger partial charge on any atom is -0.455 e. The van der Waals surface area contributed by atoms with Crippen molar-refractivity contribution in [1.82, 2.24) is 14.5 Å². The van der Waals surface area contributed by atoms with E-state index in [0.717, 1.165) is 82.8 Å². The van der Waals surface area contributed by atoms with Gasteiger partial charge in [0.2, 0.25) is 0 Å². The molecule has 6 nitrogen and oxygen atoms in total. The topological polar surface area (TPSA) is 59.8 Å². The number of hydrogen-bond acceptors (Lipinski definition) is 4. The minimum atomic E-state index is -0.457. The Balaban J connectivity index is 1.04. The molecule has 0 amide bonds. The lowest BCUT2D eigenvalue weighted by Gasteiger charge is -2.25. The molecule has 10 aromatic carbocycles. The van der Waals surface area contributed by atoms with Gasteiger partial charge >= 0.3 is 0 Å². The fraction of sp³-hybridized carbons (Fsp3) is 0.0169. The zero-order valence-electron chi connectivity index (χ0n) is 35.0. The lowest BCUT2D eigenvalue weighted by Crippen LogP contribution is -2.34.